The van der Waals surface area contributed by atoms with Crippen molar-refractivity contribution in [2.75, 3.05) is 0 Å². The van der Waals surface area contributed by atoms with Crippen molar-refractivity contribution in [1.29, 1.82) is 5.26 Å². The van der Waals surface area contributed by atoms with Gasteiger partial charge in [-0.25, -0.2) is 0 Å². The molecule has 0 N–H and O–H groups in total. The van der Waals surface area contributed by atoms with Gasteiger partial charge in [0.15, 0.2) is 0 Å². The van der Waals surface area contributed by atoms with Crippen LogP contribution in [0, 0.1) is 23.7 Å². The van der Waals surface area contributed by atoms with E-state index in [-0.39, 0.29) is 5.41 Å². The molecule has 1 aliphatic rings. The SMILES string of the molecule is Cc1ccc(CC2(C#N)CCC2)c(Cl)c1. The fourth-order valence-electron chi connectivity index (χ4n) is 2.09. The Balaban J connectivity index is 2.21. The molecule has 1 aliphatic carbocycles. The second-order valence-electron chi connectivity index (χ2n) is 4.52. The lowest BCUT2D eigenvalue weighted by Gasteiger charge is -2.35. The van der Waals surface area contributed by atoms with Gasteiger partial charge in [0, 0.05) is 5.02 Å². The van der Waals surface area contributed by atoms with Crippen LogP contribution in [0.3, 0.4) is 0 Å². The summed E-state index contributed by atoms with van der Waals surface area (Å²) in [5.74, 6) is 0. The normalized spacial score (nSPS) is 17.9. The molecule has 0 aliphatic heterocycles. The van der Waals surface area contributed by atoms with Crippen molar-refractivity contribution < 1.29 is 0 Å². The van der Waals surface area contributed by atoms with Crippen molar-refractivity contribution in [3.8, 4) is 6.07 Å². The average molecular weight is 220 g/mol. The predicted octanol–water partition coefficient (Wildman–Crippen LogP) is 3.88. The lowest BCUT2D eigenvalue weighted by molar-refractivity contribution is 0.214. The van der Waals surface area contributed by atoms with Gasteiger partial charge in [0.05, 0.1) is 11.5 Å². The summed E-state index contributed by atoms with van der Waals surface area (Å²) in [6.45, 7) is 2.03. The minimum atomic E-state index is -0.126. The number of nitriles is 1. The zero-order valence-electron chi connectivity index (χ0n) is 8.89. The Morgan fingerprint density at radius 1 is 1.47 bits per heavy atom. The molecule has 2 heteroatoms. The molecule has 1 fully saturated rings. The van der Waals surface area contributed by atoms with Gasteiger partial charge in [0.2, 0.25) is 0 Å². The Kier molecular flexibility index (Phi) is 2.71. The quantitative estimate of drug-likeness (QED) is 0.741. The maximum atomic E-state index is 9.15. The van der Waals surface area contributed by atoms with Crippen LogP contribution < -0.4 is 0 Å². The summed E-state index contributed by atoms with van der Waals surface area (Å²) < 4.78 is 0. The van der Waals surface area contributed by atoms with E-state index in [0.29, 0.717) is 0 Å². The van der Waals surface area contributed by atoms with E-state index >= 15 is 0 Å². The number of nitrogens with zero attached hydrogens (tertiary/aromatic N) is 1. The van der Waals surface area contributed by atoms with E-state index in [1.807, 2.05) is 13.0 Å². The monoisotopic (exact) mass is 219 g/mol. The van der Waals surface area contributed by atoms with Crippen LogP contribution in [0.1, 0.15) is 30.4 Å². The second kappa shape index (κ2) is 3.87. The first kappa shape index (κ1) is 10.5. The minimum Gasteiger partial charge on any atom is -0.198 e. The summed E-state index contributed by atoms with van der Waals surface area (Å²) in [7, 11) is 0. The van der Waals surface area contributed by atoms with Crippen LogP contribution in [0.25, 0.3) is 0 Å². The first-order chi connectivity index (χ1) is 7.15. The highest BCUT2D eigenvalue weighted by Crippen LogP contribution is 2.43. The molecule has 1 aromatic rings. The third-order valence-corrected chi connectivity index (χ3v) is 3.64. The van der Waals surface area contributed by atoms with Crippen LogP contribution in [0.2, 0.25) is 5.02 Å². The highest BCUT2D eigenvalue weighted by Gasteiger charge is 2.37. The Hall–Kier alpha value is -1.00. The zero-order chi connectivity index (χ0) is 10.9. The van der Waals surface area contributed by atoms with Gasteiger partial charge in [-0.05, 0) is 43.4 Å². The zero-order valence-corrected chi connectivity index (χ0v) is 9.64. The summed E-state index contributed by atoms with van der Waals surface area (Å²) in [4.78, 5) is 0. The van der Waals surface area contributed by atoms with E-state index in [2.05, 4.69) is 18.2 Å². The van der Waals surface area contributed by atoms with Gasteiger partial charge in [-0.15, -0.1) is 0 Å². The summed E-state index contributed by atoms with van der Waals surface area (Å²) in [5.41, 5.74) is 2.16. The van der Waals surface area contributed by atoms with E-state index < -0.39 is 0 Å². The van der Waals surface area contributed by atoms with E-state index in [0.717, 1.165) is 29.8 Å². The number of aryl methyl sites for hydroxylation is 1. The molecule has 1 aromatic carbocycles. The van der Waals surface area contributed by atoms with E-state index in [9.17, 15) is 0 Å². The van der Waals surface area contributed by atoms with Gasteiger partial charge in [-0.3, -0.25) is 0 Å². The molecule has 78 valence electrons. The van der Waals surface area contributed by atoms with Crippen LogP contribution in [-0.2, 0) is 6.42 Å². The molecule has 0 aromatic heterocycles. The standard InChI is InChI=1S/C13H14ClN/c1-10-3-4-11(12(14)7-10)8-13(9-15)5-2-6-13/h3-4,7H,2,5-6,8H2,1H3. The Morgan fingerprint density at radius 3 is 2.67 bits per heavy atom. The summed E-state index contributed by atoms with van der Waals surface area (Å²) in [5, 5.41) is 9.95. The smallest absolute Gasteiger partial charge is 0.0693 e. The maximum Gasteiger partial charge on any atom is 0.0693 e. The lowest BCUT2D eigenvalue weighted by atomic mass is 9.66. The van der Waals surface area contributed by atoms with Gasteiger partial charge in [0.1, 0.15) is 0 Å². The topological polar surface area (TPSA) is 23.8 Å². The average Bonchev–Trinajstić information content (AvgIpc) is 2.14. The van der Waals surface area contributed by atoms with Crippen LogP contribution in [0.15, 0.2) is 18.2 Å². The second-order valence-corrected chi connectivity index (χ2v) is 4.92. The molecule has 0 unspecified atom stereocenters. The summed E-state index contributed by atoms with van der Waals surface area (Å²) in [6.07, 6.45) is 4.03. The van der Waals surface area contributed by atoms with Gasteiger partial charge >= 0.3 is 0 Å². The van der Waals surface area contributed by atoms with Crippen LogP contribution >= 0.6 is 11.6 Å². The maximum absolute atomic E-state index is 9.15. The Labute approximate surface area is 95.7 Å². The third kappa shape index (κ3) is 2.01. The number of benzene rings is 1. The molecule has 2 rings (SSSR count). The summed E-state index contributed by atoms with van der Waals surface area (Å²) in [6, 6.07) is 8.53. The molecule has 0 amide bonds. The number of halogens is 1. The van der Waals surface area contributed by atoms with Crippen molar-refractivity contribution in [1.82, 2.24) is 0 Å². The van der Waals surface area contributed by atoms with Crippen LogP contribution in [0.5, 0.6) is 0 Å². The predicted molar refractivity (Wildman–Crippen MR) is 61.8 cm³/mol. The Morgan fingerprint density at radius 2 is 2.20 bits per heavy atom. The molecule has 0 saturated heterocycles. The first-order valence-corrected chi connectivity index (χ1v) is 5.69. The molecule has 0 bridgehead atoms. The molecule has 1 saturated carbocycles. The highest BCUT2D eigenvalue weighted by atomic mass is 35.5. The lowest BCUT2D eigenvalue weighted by Crippen LogP contribution is -2.29. The van der Waals surface area contributed by atoms with E-state index in [4.69, 9.17) is 16.9 Å². The van der Waals surface area contributed by atoms with Crippen LogP contribution in [0.4, 0.5) is 0 Å². The molecule has 1 nitrogen and oxygen atoms in total. The number of rotatable bonds is 2. The van der Waals surface area contributed by atoms with Gasteiger partial charge < -0.3 is 0 Å². The summed E-state index contributed by atoms with van der Waals surface area (Å²) >= 11 is 6.16. The van der Waals surface area contributed by atoms with Crippen LogP contribution in [-0.4, -0.2) is 0 Å². The van der Waals surface area contributed by atoms with Crippen molar-refractivity contribution in [3.63, 3.8) is 0 Å². The van der Waals surface area contributed by atoms with E-state index in [1.165, 1.54) is 12.0 Å². The molecular formula is C13H14ClN. The van der Waals surface area contributed by atoms with Gasteiger partial charge in [-0.1, -0.05) is 30.2 Å². The number of hydrogen-bond acceptors (Lipinski definition) is 1. The Bertz CT molecular complexity index is 413. The number of hydrogen-bond donors (Lipinski definition) is 0. The van der Waals surface area contributed by atoms with Crippen molar-refractivity contribution in [2.24, 2.45) is 5.41 Å². The largest absolute Gasteiger partial charge is 0.198 e. The van der Waals surface area contributed by atoms with Gasteiger partial charge in [0.25, 0.3) is 0 Å². The molecule has 0 heterocycles. The minimum absolute atomic E-state index is 0.126. The third-order valence-electron chi connectivity index (χ3n) is 3.29. The molecule has 0 atom stereocenters. The first-order valence-electron chi connectivity index (χ1n) is 5.31. The molecule has 15 heavy (non-hydrogen) atoms. The fourth-order valence-corrected chi connectivity index (χ4v) is 2.39. The molecular weight excluding hydrogens is 206 g/mol. The molecule has 0 radical (unpaired) electrons. The van der Waals surface area contributed by atoms with Crippen molar-refractivity contribution in [3.05, 3.63) is 34.3 Å². The van der Waals surface area contributed by atoms with Crippen molar-refractivity contribution in [2.45, 2.75) is 32.6 Å². The van der Waals surface area contributed by atoms with E-state index in [1.54, 1.807) is 0 Å². The van der Waals surface area contributed by atoms with Gasteiger partial charge in [-0.2, -0.15) is 5.26 Å². The van der Waals surface area contributed by atoms with Crippen molar-refractivity contribution >= 4 is 11.6 Å². The molecule has 0 spiro atoms. The highest BCUT2D eigenvalue weighted by molar-refractivity contribution is 6.31. The fraction of sp³-hybridized carbons (Fsp3) is 0.462.